The van der Waals surface area contributed by atoms with E-state index in [1.807, 2.05) is 44.2 Å². The molecular weight excluding hydrogens is 334 g/mol. The van der Waals surface area contributed by atoms with Gasteiger partial charge in [0.2, 0.25) is 10.0 Å². The number of Topliss-reactive ketones (excluding diaryl/α,β-unsaturated/α-hetero) is 1. The second-order valence-electron chi connectivity index (χ2n) is 6.70. The number of hydrogen-bond donors (Lipinski definition) is 0. The van der Waals surface area contributed by atoms with Crippen LogP contribution in [0.2, 0.25) is 0 Å². The van der Waals surface area contributed by atoms with Crippen LogP contribution in [0.1, 0.15) is 34.3 Å². The number of ketones is 1. The molecule has 0 spiro atoms. The van der Waals surface area contributed by atoms with Crippen LogP contribution in [0, 0.1) is 19.8 Å². The van der Waals surface area contributed by atoms with Gasteiger partial charge in [-0.05, 0) is 38.3 Å². The van der Waals surface area contributed by atoms with Crippen LogP contribution in [0.4, 0.5) is 0 Å². The van der Waals surface area contributed by atoms with Gasteiger partial charge in [0.1, 0.15) is 0 Å². The third kappa shape index (κ3) is 3.67. The molecule has 2 aromatic carbocycles. The third-order valence-corrected chi connectivity index (χ3v) is 6.79. The molecule has 0 amide bonds. The Labute approximate surface area is 149 Å². The highest BCUT2D eigenvalue weighted by Gasteiger charge is 2.34. The lowest BCUT2D eigenvalue weighted by Crippen LogP contribution is -2.42. The highest BCUT2D eigenvalue weighted by atomic mass is 32.2. The normalized spacial score (nSPS) is 18.9. The number of carbonyl (C=O) groups is 1. The van der Waals surface area contributed by atoms with Crippen molar-refractivity contribution in [2.75, 3.05) is 13.1 Å². The minimum Gasteiger partial charge on any atom is -0.294 e. The van der Waals surface area contributed by atoms with Gasteiger partial charge >= 0.3 is 0 Å². The average Bonchev–Trinajstić information content (AvgIpc) is 2.61. The molecule has 5 heteroatoms. The number of piperidine rings is 1. The summed E-state index contributed by atoms with van der Waals surface area (Å²) in [5.41, 5.74) is 2.43. The van der Waals surface area contributed by atoms with Crippen molar-refractivity contribution in [3.8, 4) is 0 Å². The van der Waals surface area contributed by atoms with E-state index >= 15 is 0 Å². The average molecular weight is 357 g/mol. The molecule has 0 N–H and O–H groups in total. The predicted molar refractivity (Wildman–Crippen MR) is 98.2 cm³/mol. The lowest BCUT2D eigenvalue weighted by Gasteiger charge is -2.31. The monoisotopic (exact) mass is 357 g/mol. The Morgan fingerprint density at radius 2 is 1.80 bits per heavy atom. The molecule has 2 aromatic rings. The highest BCUT2D eigenvalue weighted by molar-refractivity contribution is 7.89. The molecule has 1 unspecified atom stereocenters. The summed E-state index contributed by atoms with van der Waals surface area (Å²) >= 11 is 0. The van der Waals surface area contributed by atoms with Crippen LogP contribution in [-0.2, 0) is 10.0 Å². The summed E-state index contributed by atoms with van der Waals surface area (Å²) in [6.07, 6.45) is 1.43. The molecule has 1 atom stereocenters. The topological polar surface area (TPSA) is 54.5 Å². The van der Waals surface area contributed by atoms with Crippen molar-refractivity contribution in [1.29, 1.82) is 0 Å². The fourth-order valence-corrected chi connectivity index (χ4v) is 5.17. The van der Waals surface area contributed by atoms with Crippen molar-refractivity contribution in [2.24, 2.45) is 5.92 Å². The van der Waals surface area contributed by atoms with Crippen LogP contribution in [-0.4, -0.2) is 31.6 Å². The maximum Gasteiger partial charge on any atom is 0.243 e. The number of sulfonamides is 1. The van der Waals surface area contributed by atoms with Crippen molar-refractivity contribution in [2.45, 2.75) is 31.6 Å². The Morgan fingerprint density at radius 3 is 2.48 bits per heavy atom. The molecule has 0 bridgehead atoms. The Hall–Kier alpha value is -1.98. The molecule has 0 aromatic heterocycles. The summed E-state index contributed by atoms with van der Waals surface area (Å²) in [5, 5.41) is 0. The summed E-state index contributed by atoms with van der Waals surface area (Å²) < 4.78 is 27.5. The molecule has 25 heavy (non-hydrogen) atoms. The Bertz CT molecular complexity index is 875. The van der Waals surface area contributed by atoms with Gasteiger partial charge in [0, 0.05) is 24.6 Å². The quantitative estimate of drug-likeness (QED) is 0.786. The van der Waals surface area contributed by atoms with E-state index in [4.69, 9.17) is 0 Å². The Kier molecular flexibility index (Phi) is 5.06. The molecule has 0 radical (unpaired) electrons. The van der Waals surface area contributed by atoms with Crippen molar-refractivity contribution < 1.29 is 13.2 Å². The highest BCUT2D eigenvalue weighted by Crippen LogP contribution is 2.27. The van der Waals surface area contributed by atoms with Crippen LogP contribution in [0.15, 0.2) is 53.4 Å². The minimum atomic E-state index is -3.58. The number of hydrogen-bond acceptors (Lipinski definition) is 3. The molecule has 0 saturated carbocycles. The van der Waals surface area contributed by atoms with Crippen molar-refractivity contribution in [3.05, 3.63) is 65.2 Å². The van der Waals surface area contributed by atoms with Gasteiger partial charge in [-0.1, -0.05) is 48.0 Å². The zero-order valence-corrected chi connectivity index (χ0v) is 15.4. The number of carbonyl (C=O) groups excluding carboxylic acids is 1. The van der Waals surface area contributed by atoms with Crippen LogP contribution < -0.4 is 0 Å². The smallest absolute Gasteiger partial charge is 0.243 e. The van der Waals surface area contributed by atoms with Crippen LogP contribution in [0.25, 0.3) is 0 Å². The largest absolute Gasteiger partial charge is 0.294 e. The predicted octanol–water partition coefficient (Wildman–Crippen LogP) is 3.59. The van der Waals surface area contributed by atoms with Gasteiger partial charge < -0.3 is 0 Å². The standard InChI is InChI=1S/C20H23NO3S/c1-15-10-11-19(16(2)13-15)25(23,24)21-12-6-9-18(14-21)20(22)17-7-4-3-5-8-17/h3-5,7-8,10-11,13,18H,6,9,12,14H2,1-2H3. The zero-order chi connectivity index (χ0) is 18.0. The van der Waals surface area contributed by atoms with Crippen LogP contribution >= 0.6 is 0 Å². The molecule has 3 rings (SSSR count). The molecule has 1 saturated heterocycles. The third-order valence-electron chi connectivity index (χ3n) is 4.76. The van der Waals surface area contributed by atoms with Crippen LogP contribution in [0.5, 0.6) is 0 Å². The second kappa shape index (κ2) is 7.10. The van der Waals surface area contributed by atoms with Gasteiger partial charge in [-0.2, -0.15) is 4.31 Å². The first-order valence-electron chi connectivity index (χ1n) is 8.56. The van der Waals surface area contributed by atoms with Gasteiger partial charge in [0.05, 0.1) is 4.90 Å². The molecule has 4 nitrogen and oxygen atoms in total. The second-order valence-corrected chi connectivity index (χ2v) is 8.61. The van der Waals surface area contributed by atoms with E-state index in [-0.39, 0.29) is 18.2 Å². The van der Waals surface area contributed by atoms with E-state index in [1.54, 1.807) is 18.2 Å². The minimum absolute atomic E-state index is 0.0288. The first kappa shape index (κ1) is 17.8. The van der Waals surface area contributed by atoms with E-state index < -0.39 is 10.0 Å². The summed E-state index contributed by atoms with van der Waals surface area (Å²) in [6, 6.07) is 14.5. The summed E-state index contributed by atoms with van der Waals surface area (Å²) in [4.78, 5) is 13.0. The molecular formula is C20H23NO3S. The lowest BCUT2D eigenvalue weighted by molar-refractivity contribution is 0.0872. The van der Waals surface area contributed by atoms with Gasteiger partial charge in [-0.15, -0.1) is 0 Å². The van der Waals surface area contributed by atoms with Gasteiger partial charge in [0.15, 0.2) is 5.78 Å². The Morgan fingerprint density at radius 1 is 1.08 bits per heavy atom. The van der Waals surface area contributed by atoms with Gasteiger partial charge in [-0.25, -0.2) is 8.42 Å². The summed E-state index contributed by atoms with van der Waals surface area (Å²) in [5.74, 6) is -0.252. The van der Waals surface area contributed by atoms with E-state index in [2.05, 4.69) is 0 Å². The fourth-order valence-electron chi connectivity index (χ4n) is 3.44. The lowest BCUT2D eigenvalue weighted by atomic mass is 9.91. The molecule has 1 aliphatic heterocycles. The Balaban J connectivity index is 1.84. The van der Waals surface area contributed by atoms with Crippen molar-refractivity contribution >= 4 is 15.8 Å². The SMILES string of the molecule is Cc1ccc(S(=O)(=O)N2CCCC(C(=O)c3ccccc3)C2)c(C)c1. The van der Waals surface area contributed by atoms with E-state index in [9.17, 15) is 13.2 Å². The maximum absolute atomic E-state index is 13.0. The van der Waals surface area contributed by atoms with Crippen molar-refractivity contribution in [3.63, 3.8) is 0 Å². The summed E-state index contributed by atoms with van der Waals surface area (Å²) in [6.45, 7) is 4.48. The van der Waals surface area contributed by atoms with Crippen LogP contribution in [0.3, 0.4) is 0 Å². The first-order chi connectivity index (χ1) is 11.9. The maximum atomic E-state index is 13.0. The summed E-state index contributed by atoms with van der Waals surface area (Å²) in [7, 11) is -3.58. The molecule has 1 fully saturated rings. The number of aryl methyl sites for hydroxylation is 2. The fraction of sp³-hybridized carbons (Fsp3) is 0.350. The number of nitrogens with zero attached hydrogens (tertiary/aromatic N) is 1. The van der Waals surface area contributed by atoms with E-state index in [1.165, 1.54) is 4.31 Å². The first-order valence-corrected chi connectivity index (χ1v) is 10.0. The number of rotatable bonds is 4. The molecule has 1 heterocycles. The van der Waals surface area contributed by atoms with Gasteiger partial charge in [-0.3, -0.25) is 4.79 Å². The van der Waals surface area contributed by atoms with E-state index in [0.717, 1.165) is 17.5 Å². The number of benzene rings is 2. The van der Waals surface area contributed by atoms with E-state index in [0.29, 0.717) is 23.4 Å². The molecule has 0 aliphatic carbocycles. The molecule has 1 aliphatic rings. The zero-order valence-electron chi connectivity index (χ0n) is 14.6. The van der Waals surface area contributed by atoms with Gasteiger partial charge in [0.25, 0.3) is 0 Å². The molecule has 132 valence electrons. The van der Waals surface area contributed by atoms with Crippen molar-refractivity contribution in [1.82, 2.24) is 4.31 Å².